The third-order valence-electron chi connectivity index (χ3n) is 5.31. The summed E-state index contributed by atoms with van der Waals surface area (Å²) in [5.74, 6) is -0.708. The highest BCUT2D eigenvalue weighted by atomic mass is 19.1. The van der Waals surface area contributed by atoms with Gasteiger partial charge in [0.05, 0.1) is 26.3 Å². The van der Waals surface area contributed by atoms with E-state index in [9.17, 15) is 18.8 Å². The molecule has 0 aromatic heterocycles. The van der Waals surface area contributed by atoms with Gasteiger partial charge in [-0.15, -0.1) is 0 Å². The zero-order chi connectivity index (χ0) is 23.1. The van der Waals surface area contributed by atoms with Gasteiger partial charge in [0, 0.05) is 24.7 Å². The summed E-state index contributed by atoms with van der Waals surface area (Å²) in [4.78, 5) is 38.6. The molecule has 2 aromatic rings. The number of carbonyl (C=O) groups excluding carboxylic acids is 3. The SMILES string of the molecule is COc1ccc(C(=O)NCC(=O)NC2CCN(C(=O)c3ccccc3F)CC2)cc1OC. The lowest BCUT2D eigenvalue weighted by Gasteiger charge is -2.32. The van der Waals surface area contributed by atoms with E-state index in [-0.39, 0.29) is 30.0 Å². The normalized spacial score (nSPS) is 13.9. The number of methoxy groups -OCH3 is 2. The van der Waals surface area contributed by atoms with Crippen molar-refractivity contribution in [3.8, 4) is 11.5 Å². The van der Waals surface area contributed by atoms with Crippen LogP contribution in [0.4, 0.5) is 4.39 Å². The molecule has 0 radical (unpaired) electrons. The molecular formula is C23H26FN3O5. The highest BCUT2D eigenvalue weighted by Crippen LogP contribution is 2.27. The first-order valence-corrected chi connectivity index (χ1v) is 10.3. The van der Waals surface area contributed by atoms with E-state index in [4.69, 9.17) is 9.47 Å². The van der Waals surface area contributed by atoms with Crippen molar-refractivity contribution in [1.29, 1.82) is 0 Å². The maximum atomic E-state index is 13.8. The van der Waals surface area contributed by atoms with E-state index in [1.54, 1.807) is 23.1 Å². The van der Waals surface area contributed by atoms with Crippen LogP contribution in [-0.4, -0.2) is 62.5 Å². The minimum Gasteiger partial charge on any atom is -0.493 e. The molecule has 8 nitrogen and oxygen atoms in total. The van der Waals surface area contributed by atoms with Crippen molar-refractivity contribution in [3.63, 3.8) is 0 Å². The van der Waals surface area contributed by atoms with Crippen LogP contribution in [0.2, 0.25) is 0 Å². The summed E-state index contributed by atoms with van der Waals surface area (Å²) in [6.07, 6.45) is 1.10. The molecule has 1 fully saturated rings. The molecule has 2 N–H and O–H groups in total. The van der Waals surface area contributed by atoms with Crippen LogP contribution in [0, 0.1) is 5.82 Å². The first-order valence-electron chi connectivity index (χ1n) is 10.3. The monoisotopic (exact) mass is 443 g/mol. The van der Waals surface area contributed by atoms with Gasteiger partial charge in [-0.3, -0.25) is 14.4 Å². The van der Waals surface area contributed by atoms with Crippen LogP contribution in [0.1, 0.15) is 33.6 Å². The first kappa shape index (κ1) is 23.1. The van der Waals surface area contributed by atoms with Gasteiger partial charge < -0.3 is 25.0 Å². The van der Waals surface area contributed by atoms with Gasteiger partial charge >= 0.3 is 0 Å². The van der Waals surface area contributed by atoms with E-state index < -0.39 is 11.7 Å². The fourth-order valence-electron chi connectivity index (χ4n) is 3.55. The van der Waals surface area contributed by atoms with Crippen LogP contribution >= 0.6 is 0 Å². The molecule has 32 heavy (non-hydrogen) atoms. The number of piperidine rings is 1. The van der Waals surface area contributed by atoms with Crippen molar-refractivity contribution in [2.75, 3.05) is 33.9 Å². The van der Waals surface area contributed by atoms with Gasteiger partial charge in [0.2, 0.25) is 5.91 Å². The second-order valence-corrected chi connectivity index (χ2v) is 7.37. The molecule has 0 bridgehead atoms. The summed E-state index contributed by atoms with van der Waals surface area (Å²) in [5.41, 5.74) is 0.392. The minimum atomic E-state index is -0.543. The van der Waals surface area contributed by atoms with E-state index >= 15 is 0 Å². The molecule has 0 saturated carbocycles. The molecule has 1 saturated heterocycles. The molecule has 0 atom stereocenters. The van der Waals surface area contributed by atoms with Gasteiger partial charge in [-0.25, -0.2) is 4.39 Å². The van der Waals surface area contributed by atoms with Crippen molar-refractivity contribution in [3.05, 3.63) is 59.4 Å². The highest BCUT2D eigenvalue weighted by Gasteiger charge is 2.26. The Morgan fingerprint density at radius 1 is 1.03 bits per heavy atom. The van der Waals surface area contributed by atoms with Gasteiger partial charge in [-0.2, -0.15) is 0 Å². The number of hydrogen-bond donors (Lipinski definition) is 2. The summed E-state index contributed by atoms with van der Waals surface area (Å²) in [6.45, 7) is 0.647. The van der Waals surface area contributed by atoms with Crippen molar-refractivity contribution in [2.45, 2.75) is 18.9 Å². The Labute approximate surface area is 185 Å². The van der Waals surface area contributed by atoms with Gasteiger partial charge in [0.1, 0.15) is 5.82 Å². The predicted octanol–water partition coefficient (Wildman–Crippen LogP) is 1.99. The maximum absolute atomic E-state index is 13.8. The third-order valence-corrected chi connectivity index (χ3v) is 5.31. The van der Waals surface area contributed by atoms with E-state index in [1.165, 1.54) is 38.5 Å². The average Bonchev–Trinajstić information content (AvgIpc) is 2.82. The average molecular weight is 443 g/mol. The van der Waals surface area contributed by atoms with Crippen LogP contribution in [0.5, 0.6) is 11.5 Å². The molecule has 0 aliphatic carbocycles. The topological polar surface area (TPSA) is 97.0 Å². The Morgan fingerprint density at radius 2 is 1.72 bits per heavy atom. The molecule has 3 amide bonds. The maximum Gasteiger partial charge on any atom is 0.256 e. The van der Waals surface area contributed by atoms with Crippen molar-refractivity contribution >= 4 is 17.7 Å². The van der Waals surface area contributed by atoms with Crippen LogP contribution in [-0.2, 0) is 4.79 Å². The van der Waals surface area contributed by atoms with E-state index in [2.05, 4.69) is 10.6 Å². The Bertz CT molecular complexity index is 989. The number of rotatable bonds is 7. The number of ether oxygens (including phenoxy) is 2. The second-order valence-electron chi connectivity index (χ2n) is 7.37. The lowest BCUT2D eigenvalue weighted by Crippen LogP contribution is -2.48. The van der Waals surface area contributed by atoms with Gasteiger partial charge in [-0.1, -0.05) is 12.1 Å². The van der Waals surface area contributed by atoms with Crippen LogP contribution in [0.3, 0.4) is 0 Å². The molecule has 1 aliphatic heterocycles. The van der Waals surface area contributed by atoms with Crippen molar-refractivity contribution in [1.82, 2.24) is 15.5 Å². The third kappa shape index (κ3) is 5.54. The Balaban J connectivity index is 1.45. The summed E-state index contributed by atoms with van der Waals surface area (Å²) < 4.78 is 24.2. The number of carbonyl (C=O) groups is 3. The zero-order valence-corrected chi connectivity index (χ0v) is 18.0. The van der Waals surface area contributed by atoms with Crippen molar-refractivity contribution < 1.29 is 28.2 Å². The van der Waals surface area contributed by atoms with Gasteiger partial charge in [-0.05, 0) is 43.2 Å². The van der Waals surface area contributed by atoms with E-state index in [0.717, 1.165) is 0 Å². The standard InChI is InChI=1S/C23H26FN3O5/c1-31-19-8-7-15(13-20(19)32-2)22(29)25-14-21(28)26-16-9-11-27(12-10-16)23(30)17-5-3-4-6-18(17)24/h3-8,13,16H,9-12,14H2,1-2H3,(H,25,29)(H,26,28). The quantitative estimate of drug-likeness (QED) is 0.682. The molecule has 1 heterocycles. The summed E-state index contributed by atoms with van der Waals surface area (Å²) >= 11 is 0. The molecular weight excluding hydrogens is 417 g/mol. The highest BCUT2D eigenvalue weighted by molar-refractivity contribution is 5.97. The largest absolute Gasteiger partial charge is 0.493 e. The Kier molecular flexibility index (Phi) is 7.64. The first-order chi connectivity index (χ1) is 15.4. The molecule has 0 unspecified atom stereocenters. The fraction of sp³-hybridized carbons (Fsp3) is 0.348. The number of nitrogens with zero attached hydrogens (tertiary/aromatic N) is 1. The van der Waals surface area contributed by atoms with Crippen LogP contribution < -0.4 is 20.1 Å². The van der Waals surface area contributed by atoms with E-state index in [1.807, 2.05) is 0 Å². The van der Waals surface area contributed by atoms with Gasteiger partial charge in [0.15, 0.2) is 11.5 Å². The lowest BCUT2D eigenvalue weighted by molar-refractivity contribution is -0.121. The predicted molar refractivity (Wildman–Crippen MR) is 115 cm³/mol. The summed E-state index contributed by atoms with van der Waals surface area (Å²) in [5, 5.41) is 5.45. The number of benzene rings is 2. The number of halogens is 1. The van der Waals surface area contributed by atoms with Crippen LogP contribution in [0.25, 0.3) is 0 Å². The molecule has 3 rings (SSSR count). The fourth-order valence-corrected chi connectivity index (χ4v) is 3.55. The molecule has 1 aliphatic rings. The lowest BCUT2D eigenvalue weighted by atomic mass is 10.0. The second kappa shape index (κ2) is 10.6. The molecule has 2 aromatic carbocycles. The van der Waals surface area contributed by atoms with Crippen molar-refractivity contribution in [2.24, 2.45) is 0 Å². The molecule has 170 valence electrons. The number of likely N-dealkylation sites (tertiary alicyclic amines) is 1. The van der Waals surface area contributed by atoms with Crippen LogP contribution in [0.15, 0.2) is 42.5 Å². The summed E-state index contributed by atoms with van der Waals surface area (Å²) in [6, 6.07) is 10.5. The van der Waals surface area contributed by atoms with E-state index in [0.29, 0.717) is 43.0 Å². The Morgan fingerprint density at radius 3 is 2.38 bits per heavy atom. The minimum absolute atomic E-state index is 0.0489. The zero-order valence-electron chi connectivity index (χ0n) is 18.0. The molecule has 0 spiro atoms. The smallest absolute Gasteiger partial charge is 0.256 e. The van der Waals surface area contributed by atoms with Gasteiger partial charge in [0.25, 0.3) is 11.8 Å². The number of nitrogens with one attached hydrogen (secondary N) is 2. The molecule has 9 heteroatoms. The summed E-state index contributed by atoms with van der Waals surface area (Å²) in [7, 11) is 2.98. The number of amides is 3. The Hall–Kier alpha value is -3.62. The number of hydrogen-bond acceptors (Lipinski definition) is 5.